The van der Waals surface area contributed by atoms with Gasteiger partial charge in [-0.25, -0.2) is 0 Å². The fourth-order valence-electron chi connectivity index (χ4n) is 6.57. The van der Waals surface area contributed by atoms with Gasteiger partial charge in [-0.3, -0.25) is 14.5 Å². The Morgan fingerprint density at radius 3 is 2.66 bits per heavy atom. The third-order valence-electron chi connectivity index (χ3n) is 8.58. The van der Waals surface area contributed by atoms with E-state index in [1.165, 1.54) is 38.5 Å². The fraction of sp³-hybridized carbons (Fsp3) is 0.643. The molecule has 2 aliphatic carbocycles. The molecule has 1 aromatic carbocycles. The number of piperidine rings is 1. The lowest BCUT2D eigenvalue weighted by molar-refractivity contribution is -0.121. The average Bonchev–Trinajstić information content (AvgIpc) is 3.44. The third-order valence-corrected chi connectivity index (χ3v) is 8.58. The molecule has 0 spiro atoms. The van der Waals surface area contributed by atoms with Gasteiger partial charge in [0.2, 0.25) is 5.91 Å². The highest BCUT2D eigenvalue weighted by Crippen LogP contribution is 2.35. The summed E-state index contributed by atoms with van der Waals surface area (Å²) in [6.45, 7) is 5.64. The van der Waals surface area contributed by atoms with E-state index in [4.69, 9.17) is 9.47 Å². The van der Waals surface area contributed by atoms with Crippen molar-refractivity contribution in [2.75, 3.05) is 20.7 Å². The second-order valence-corrected chi connectivity index (χ2v) is 10.9. The normalized spacial score (nSPS) is 31.1. The lowest BCUT2D eigenvalue weighted by Gasteiger charge is -2.35. The van der Waals surface area contributed by atoms with Gasteiger partial charge in [-0.05, 0) is 88.1 Å². The number of benzene rings is 1. The summed E-state index contributed by atoms with van der Waals surface area (Å²) in [4.78, 5) is 29.1. The van der Waals surface area contributed by atoms with Crippen molar-refractivity contribution in [3.8, 4) is 5.75 Å². The molecule has 7 heteroatoms. The number of rotatable bonds is 7. The maximum atomic E-state index is 13.1. The zero-order chi connectivity index (χ0) is 24.5. The SMILES string of the molecule is C=C1NC(=O)CCC1N1Cc2cc(O[C@H]3CCC[C@@H]3N(C)C[C@H]3CC[C@H](OC)CC3)ccc2C1=O. The molecule has 1 aromatic rings. The van der Waals surface area contributed by atoms with Crippen LogP contribution in [0, 0.1) is 5.92 Å². The Morgan fingerprint density at radius 1 is 1.11 bits per heavy atom. The quantitative estimate of drug-likeness (QED) is 0.640. The molecule has 0 radical (unpaired) electrons. The van der Waals surface area contributed by atoms with E-state index in [0.29, 0.717) is 37.2 Å². The van der Waals surface area contributed by atoms with Crippen LogP contribution in [0.5, 0.6) is 5.75 Å². The van der Waals surface area contributed by atoms with Gasteiger partial charge in [0.05, 0.1) is 12.1 Å². The van der Waals surface area contributed by atoms with Crippen LogP contribution in [0.3, 0.4) is 0 Å². The van der Waals surface area contributed by atoms with E-state index < -0.39 is 0 Å². The summed E-state index contributed by atoms with van der Waals surface area (Å²) in [5.74, 6) is 1.57. The molecule has 0 aromatic heterocycles. The second kappa shape index (κ2) is 10.3. The third kappa shape index (κ3) is 5.12. The number of amides is 2. The molecule has 3 atom stereocenters. The van der Waals surface area contributed by atoms with Crippen LogP contribution in [0.2, 0.25) is 0 Å². The van der Waals surface area contributed by atoms with Crippen LogP contribution >= 0.6 is 0 Å². The Hall–Kier alpha value is -2.38. The molecule has 4 aliphatic rings. The maximum Gasteiger partial charge on any atom is 0.255 e. The summed E-state index contributed by atoms with van der Waals surface area (Å²) in [5, 5.41) is 2.80. The molecule has 7 nitrogen and oxygen atoms in total. The van der Waals surface area contributed by atoms with Crippen LogP contribution in [0.4, 0.5) is 0 Å². The molecule has 35 heavy (non-hydrogen) atoms. The largest absolute Gasteiger partial charge is 0.489 e. The second-order valence-electron chi connectivity index (χ2n) is 10.9. The summed E-state index contributed by atoms with van der Waals surface area (Å²) < 4.78 is 12.1. The predicted molar refractivity (Wildman–Crippen MR) is 134 cm³/mol. The first-order valence-corrected chi connectivity index (χ1v) is 13.2. The molecule has 1 saturated heterocycles. The highest BCUT2D eigenvalue weighted by Gasteiger charge is 2.37. The van der Waals surface area contributed by atoms with E-state index in [2.05, 4.69) is 23.8 Å². The number of methoxy groups -OCH3 is 1. The molecule has 2 aliphatic heterocycles. The molecule has 2 amide bonds. The first kappa shape index (κ1) is 24.3. The number of fused-ring (bicyclic) bond motifs is 1. The van der Waals surface area contributed by atoms with Crippen molar-refractivity contribution in [3.05, 3.63) is 41.6 Å². The Labute approximate surface area is 208 Å². The van der Waals surface area contributed by atoms with E-state index in [1.807, 2.05) is 30.2 Å². The van der Waals surface area contributed by atoms with E-state index in [9.17, 15) is 9.59 Å². The molecular formula is C28H39N3O4. The summed E-state index contributed by atoms with van der Waals surface area (Å²) in [5.41, 5.74) is 2.34. The number of nitrogens with one attached hydrogen (secondary N) is 1. The highest BCUT2D eigenvalue weighted by atomic mass is 16.5. The van der Waals surface area contributed by atoms with Crippen molar-refractivity contribution in [2.24, 2.45) is 5.92 Å². The Balaban J connectivity index is 1.20. The van der Waals surface area contributed by atoms with E-state index in [-0.39, 0.29) is 24.0 Å². The molecule has 2 saturated carbocycles. The summed E-state index contributed by atoms with van der Waals surface area (Å²) in [7, 11) is 4.08. The zero-order valence-corrected chi connectivity index (χ0v) is 21.1. The lowest BCUT2D eigenvalue weighted by atomic mass is 9.87. The molecule has 1 unspecified atom stereocenters. The van der Waals surface area contributed by atoms with Gasteiger partial charge < -0.3 is 19.7 Å². The minimum Gasteiger partial charge on any atom is -0.489 e. The first-order valence-electron chi connectivity index (χ1n) is 13.2. The van der Waals surface area contributed by atoms with E-state index in [0.717, 1.165) is 35.8 Å². The smallest absolute Gasteiger partial charge is 0.255 e. The van der Waals surface area contributed by atoms with Gasteiger partial charge in [-0.15, -0.1) is 0 Å². The number of likely N-dealkylation sites (N-methyl/N-ethyl adjacent to an activating group) is 1. The van der Waals surface area contributed by atoms with Crippen molar-refractivity contribution in [3.63, 3.8) is 0 Å². The average molecular weight is 482 g/mol. The van der Waals surface area contributed by atoms with Crippen LogP contribution in [-0.2, 0) is 16.1 Å². The maximum absolute atomic E-state index is 13.1. The zero-order valence-electron chi connectivity index (χ0n) is 21.1. The molecule has 1 N–H and O–H groups in total. The molecule has 0 bridgehead atoms. The van der Waals surface area contributed by atoms with Gasteiger partial charge in [-0.1, -0.05) is 6.58 Å². The van der Waals surface area contributed by atoms with Gasteiger partial charge in [0.25, 0.3) is 5.91 Å². The van der Waals surface area contributed by atoms with Crippen LogP contribution < -0.4 is 10.1 Å². The number of ether oxygens (including phenoxy) is 2. The molecule has 2 heterocycles. The van der Waals surface area contributed by atoms with Gasteiger partial charge in [0.15, 0.2) is 0 Å². The molecular weight excluding hydrogens is 442 g/mol. The Bertz CT molecular complexity index is 971. The topological polar surface area (TPSA) is 71.1 Å². The highest BCUT2D eigenvalue weighted by molar-refractivity contribution is 5.99. The van der Waals surface area contributed by atoms with Crippen LogP contribution in [-0.4, -0.2) is 66.6 Å². The Kier molecular flexibility index (Phi) is 7.17. The van der Waals surface area contributed by atoms with Gasteiger partial charge in [-0.2, -0.15) is 0 Å². The lowest BCUT2D eigenvalue weighted by Crippen LogP contribution is -2.45. The summed E-state index contributed by atoms with van der Waals surface area (Å²) >= 11 is 0. The number of nitrogens with zero attached hydrogens (tertiary/aromatic N) is 2. The van der Waals surface area contributed by atoms with Gasteiger partial charge in [0, 0.05) is 43.9 Å². The minimum atomic E-state index is -0.149. The fourth-order valence-corrected chi connectivity index (χ4v) is 6.57. The van der Waals surface area contributed by atoms with E-state index in [1.54, 1.807) is 0 Å². The standard InChI is InChI=1S/C28H39N3O4/c1-18-24(13-14-27(32)29-18)31-17-20-15-22(11-12-23(20)28(31)33)35-26-6-4-5-25(26)30(2)16-19-7-9-21(34-3)10-8-19/h11-12,15,19,21,24-26H,1,4-10,13-14,16-17H2,2-3H3,(H,29,32)/t19-,21-,24?,25-,26-/m0/s1. The number of hydrogen-bond donors (Lipinski definition) is 1. The van der Waals surface area contributed by atoms with Gasteiger partial charge in [0.1, 0.15) is 11.9 Å². The van der Waals surface area contributed by atoms with Crippen molar-refractivity contribution < 1.29 is 19.1 Å². The van der Waals surface area contributed by atoms with Crippen molar-refractivity contribution >= 4 is 11.8 Å². The monoisotopic (exact) mass is 481 g/mol. The number of carbonyl (C=O) groups excluding carboxylic acids is 2. The minimum absolute atomic E-state index is 0.00974. The Morgan fingerprint density at radius 2 is 1.91 bits per heavy atom. The van der Waals surface area contributed by atoms with Crippen molar-refractivity contribution in [1.29, 1.82) is 0 Å². The van der Waals surface area contributed by atoms with Crippen LogP contribution in [0.25, 0.3) is 0 Å². The van der Waals surface area contributed by atoms with Crippen LogP contribution in [0.15, 0.2) is 30.5 Å². The predicted octanol–water partition coefficient (Wildman–Crippen LogP) is 3.87. The molecule has 3 fully saturated rings. The molecule has 5 rings (SSSR count). The van der Waals surface area contributed by atoms with Gasteiger partial charge >= 0.3 is 0 Å². The van der Waals surface area contributed by atoms with Crippen molar-refractivity contribution in [2.45, 2.75) is 88.6 Å². The molecule has 190 valence electrons. The number of hydrogen-bond acceptors (Lipinski definition) is 5. The number of carbonyl (C=O) groups is 2. The van der Waals surface area contributed by atoms with E-state index >= 15 is 0 Å². The summed E-state index contributed by atoms with van der Waals surface area (Å²) in [6.07, 6.45) is 9.90. The van der Waals surface area contributed by atoms with Crippen molar-refractivity contribution in [1.82, 2.24) is 15.1 Å². The van der Waals surface area contributed by atoms with Crippen LogP contribution in [0.1, 0.15) is 73.7 Å². The first-order chi connectivity index (χ1) is 16.9. The summed E-state index contributed by atoms with van der Waals surface area (Å²) in [6, 6.07) is 6.16.